The predicted octanol–water partition coefficient (Wildman–Crippen LogP) is 3.64. The Bertz CT molecular complexity index is 348. The Balaban J connectivity index is 1.97. The van der Waals surface area contributed by atoms with Gasteiger partial charge in [0.05, 0.1) is 12.6 Å². The van der Waals surface area contributed by atoms with Crippen molar-refractivity contribution in [1.82, 2.24) is 4.90 Å². The number of guanidine groups is 1. The zero-order valence-corrected chi connectivity index (χ0v) is 14.0. The van der Waals surface area contributed by atoms with Gasteiger partial charge in [-0.3, -0.25) is 4.99 Å². The van der Waals surface area contributed by atoms with Crippen LogP contribution in [0.15, 0.2) is 4.99 Å². The van der Waals surface area contributed by atoms with Crippen LogP contribution >= 0.6 is 0 Å². The van der Waals surface area contributed by atoms with Crippen LogP contribution < -0.4 is 5.73 Å². The first-order chi connectivity index (χ1) is 9.34. The molecule has 20 heavy (non-hydrogen) atoms. The maximum Gasteiger partial charge on any atom is 0.191 e. The highest BCUT2D eigenvalue weighted by Crippen LogP contribution is 2.42. The van der Waals surface area contributed by atoms with Gasteiger partial charge in [0.15, 0.2) is 5.96 Å². The maximum atomic E-state index is 6.13. The summed E-state index contributed by atoms with van der Waals surface area (Å²) in [5.74, 6) is 2.45. The first-order valence-electron chi connectivity index (χ1n) is 8.42. The summed E-state index contributed by atoms with van der Waals surface area (Å²) in [6, 6.07) is 1.08. The van der Waals surface area contributed by atoms with E-state index in [2.05, 4.69) is 44.5 Å². The molecule has 0 amide bonds. The number of aliphatic imine (C=N–C) groups is 1. The number of hydrogen-bond donors (Lipinski definition) is 1. The summed E-state index contributed by atoms with van der Waals surface area (Å²) < 4.78 is 0. The minimum absolute atomic E-state index is 0.465. The van der Waals surface area contributed by atoms with Crippen molar-refractivity contribution in [2.75, 3.05) is 6.54 Å². The second-order valence-corrected chi connectivity index (χ2v) is 7.91. The Hall–Kier alpha value is -0.730. The van der Waals surface area contributed by atoms with Crippen LogP contribution in [0.3, 0.4) is 0 Å². The summed E-state index contributed by atoms with van der Waals surface area (Å²) >= 11 is 0. The minimum atomic E-state index is 0.465. The highest BCUT2D eigenvalue weighted by Gasteiger charge is 2.38. The Kier molecular flexibility index (Phi) is 4.66. The van der Waals surface area contributed by atoms with Gasteiger partial charge in [-0.2, -0.15) is 0 Å². The minimum Gasteiger partial charge on any atom is -0.370 e. The predicted molar refractivity (Wildman–Crippen MR) is 86.8 cm³/mol. The quantitative estimate of drug-likeness (QED) is 0.857. The molecule has 0 radical (unpaired) electrons. The number of rotatable bonds is 3. The van der Waals surface area contributed by atoms with E-state index in [1.54, 1.807) is 0 Å². The van der Waals surface area contributed by atoms with Gasteiger partial charge in [0.2, 0.25) is 0 Å². The van der Waals surface area contributed by atoms with Gasteiger partial charge < -0.3 is 10.6 Å². The molecule has 3 heteroatoms. The second-order valence-electron chi connectivity index (χ2n) is 7.91. The van der Waals surface area contributed by atoms with Crippen molar-refractivity contribution in [3.63, 3.8) is 0 Å². The first kappa shape index (κ1) is 15.7. The van der Waals surface area contributed by atoms with E-state index in [1.807, 2.05) is 0 Å². The van der Waals surface area contributed by atoms with E-state index in [0.29, 0.717) is 17.5 Å². The first-order valence-corrected chi connectivity index (χ1v) is 8.42. The topological polar surface area (TPSA) is 41.6 Å². The Labute approximate surface area is 125 Å². The van der Waals surface area contributed by atoms with Gasteiger partial charge in [-0.25, -0.2) is 0 Å². The van der Waals surface area contributed by atoms with E-state index in [0.717, 1.165) is 30.8 Å². The molecule has 2 atom stereocenters. The van der Waals surface area contributed by atoms with E-state index in [4.69, 9.17) is 5.73 Å². The zero-order valence-electron chi connectivity index (χ0n) is 14.0. The highest BCUT2D eigenvalue weighted by atomic mass is 15.3. The van der Waals surface area contributed by atoms with Crippen LogP contribution in [0.5, 0.6) is 0 Å². The van der Waals surface area contributed by atoms with Gasteiger partial charge in [-0.15, -0.1) is 0 Å². The third kappa shape index (κ3) is 3.12. The van der Waals surface area contributed by atoms with Crippen LogP contribution in [-0.2, 0) is 0 Å². The Morgan fingerprint density at radius 2 is 1.85 bits per heavy atom. The second kappa shape index (κ2) is 5.95. The normalized spacial score (nSPS) is 33.1. The molecule has 0 aromatic rings. The lowest BCUT2D eigenvalue weighted by Crippen LogP contribution is -2.50. The van der Waals surface area contributed by atoms with E-state index >= 15 is 0 Å². The van der Waals surface area contributed by atoms with Crippen LogP contribution in [0.2, 0.25) is 0 Å². The molecule has 1 heterocycles. The number of nitrogens with two attached hydrogens (primary N) is 1. The fraction of sp³-hybridized carbons (Fsp3) is 0.941. The maximum absolute atomic E-state index is 6.13. The Morgan fingerprint density at radius 1 is 1.25 bits per heavy atom. The highest BCUT2D eigenvalue weighted by molar-refractivity contribution is 5.80. The third-order valence-corrected chi connectivity index (χ3v) is 5.67. The van der Waals surface area contributed by atoms with Crippen molar-refractivity contribution in [1.29, 1.82) is 0 Å². The average molecular weight is 279 g/mol. The lowest BCUT2D eigenvalue weighted by atomic mass is 9.68. The van der Waals surface area contributed by atoms with Gasteiger partial charge in [-0.05, 0) is 56.3 Å². The van der Waals surface area contributed by atoms with Gasteiger partial charge in [0, 0.05) is 6.04 Å². The Morgan fingerprint density at radius 3 is 2.35 bits per heavy atom. The lowest BCUT2D eigenvalue weighted by molar-refractivity contribution is 0.105. The van der Waals surface area contributed by atoms with Crippen LogP contribution in [-0.4, -0.2) is 29.5 Å². The molecule has 0 aromatic carbocycles. The molecule has 2 N–H and O–H groups in total. The number of nitrogens with zero attached hydrogens (tertiary/aromatic N) is 2. The molecule has 0 saturated heterocycles. The van der Waals surface area contributed by atoms with Gasteiger partial charge >= 0.3 is 0 Å². The summed E-state index contributed by atoms with van der Waals surface area (Å²) in [6.45, 7) is 12.6. The van der Waals surface area contributed by atoms with Crippen molar-refractivity contribution in [3.05, 3.63) is 0 Å². The van der Waals surface area contributed by atoms with E-state index in [-0.39, 0.29) is 0 Å². The molecule has 3 nitrogen and oxygen atoms in total. The van der Waals surface area contributed by atoms with Crippen molar-refractivity contribution in [2.24, 2.45) is 28.0 Å². The fourth-order valence-corrected chi connectivity index (χ4v) is 4.02. The summed E-state index contributed by atoms with van der Waals surface area (Å²) in [5, 5.41) is 0. The fourth-order valence-electron chi connectivity index (χ4n) is 4.02. The van der Waals surface area contributed by atoms with Crippen molar-refractivity contribution in [2.45, 2.75) is 78.8 Å². The van der Waals surface area contributed by atoms with E-state index < -0.39 is 0 Å². The summed E-state index contributed by atoms with van der Waals surface area (Å²) in [4.78, 5) is 6.94. The number of hydrogen-bond acceptors (Lipinski definition) is 3. The monoisotopic (exact) mass is 279 g/mol. The van der Waals surface area contributed by atoms with E-state index in [9.17, 15) is 0 Å². The van der Waals surface area contributed by atoms with Crippen molar-refractivity contribution in [3.8, 4) is 0 Å². The van der Waals surface area contributed by atoms with Gasteiger partial charge in [0.1, 0.15) is 0 Å². The summed E-state index contributed by atoms with van der Waals surface area (Å²) in [5.41, 5.74) is 6.59. The third-order valence-electron chi connectivity index (χ3n) is 5.67. The van der Waals surface area contributed by atoms with Crippen LogP contribution in [0.4, 0.5) is 0 Å². The van der Waals surface area contributed by atoms with Gasteiger partial charge in [-0.1, -0.05) is 27.7 Å². The standard InChI is InChI=1S/C17H33N3/c1-6-12(2)20-15(11-19-16(20)18)13-7-9-14(10-8-13)17(3,4)5/h12-15H,6-11H2,1-5H3,(H2,18,19). The summed E-state index contributed by atoms with van der Waals surface area (Å²) in [7, 11) is 0. The largest absolute Gasteiger partial charge is 0.370 e. The molecule has 0 aromatic heterocycles. The summed E-state index contributed by atoms with van der Waals surface area (Å²) in [6.07, 6.45) is 6.59. The molecule has 0 bridgehead atoms. The molecule has 1 aliphatic heterocycles. The van der Waals surface area contributed by atoms with E-state index in [1.165, 1.54) is 25.7 Å². The van der Waals surface area contributed by atoms with Crippen molar-refractivity contribution < 1.29 is 0 Å². The van der Waals surface area contributed by atoms with Gasteiger partial charge in [0.25, 0.3) is 0 Å². The van der Waals surface area contributed by atoms with Crippen LogP contribution in [0, 0.1) is 17.3 Å². The molecular formula is C17H33N3. The van der Waals surface area contributed by atoms with Crippen LogP contribution in [0.1, 0.15) is 66.7 Å². The molecule has 1 aliphatic carbocycles. The smallest absolute Gasteiger partial charge is 0.191 e. The molecular weight excluding hydrogens is 246 g/mol. The molecule has 116 valence electrons. The lowest BCUT2D eigenvalue weighted by Gasteiger charge is -2.42. The van der Waals surface area contributed by atoms with Crippen LogP contribution in [0.25, 0.3) is 0 Å². The molecule has 2 rings (SSSR count). The molecule has 2 aliphatic rings. The zero-order chi connectivity index (χ0) is 14.9. The average Bonchev–Trinajstić information content (AvgIpc) is 2.79. The molecule has 2 unspecified atom stereocenters. The molecule has 1 fully saturated rings. The molecule has 0 spiro atoms. The van der Waals surface area contributed by atoms with Crippen molar-refractivity contribution >= 4 is 5.96 Å². The SMILES string of the molecule is CCC(C)N1C(N)=NCC1C1CCC(C(C)(C)C)CC1. The molecule has 1 saturated carbocycles.